The number of fused-ring (bicyclic) bond motifs is 1. The Hall–Kier alpha value is -4.11. The number of hydrogen-bond donors (Lipinski definition) is 0. The Morgan fingerprint density at radius 2 is 1.40 bits per heavy atom. The second kappa shape index (κ2) is 10.9. The summed E-state index contributed by atoms with van der Waals surface area (Å²) in [6.45, 7) is 5.34. The van der Waals surface area contributed by atoms with Crippen molar-refractivity contribution in [1.29, 1.82) is 0 Å². The standard InChI is InChI=1S/C32H30N2O/c1-2-14-25-15-9-12-22-30(25)35-24-13-23-34-29-21-11-10-20-28(29)33-32(34)31(26-16-5-3-6-17-26)27-18-7-4-8-19-27/h2-12,15-22,31H,1,13-14,23-24H2. The number of benzene rings is 4. The second-order valence-electron chi connectivity index (χ2n) is 8.67. The average Bonchev–Trinajstić information content (AvgIpc) is 3.27. The maximum Gasteiger partial charge on any atom is 0.122 e. The van der Waals surface area contributed by atoms with Gasteiger partial charge in [0.1, 0.15) is 11.6 Å². The lowest BCUT2D eigenvalue weighted by atomic mass is 9.90. The number of nitrogens with zero attached hydrogens (tertiary/aromatic N) is 2. The third kappa shape index (κ3) is 5.04. The largest absolute Gasteiger partial charge is 0.493 e. The minimum atomic E-state index is 0.0547. The molecule has 0 aliphatic heterocycles. The van der Waals surface area contributed by atoms with Crippen molar-refractivity contribution in [2.45, 2.75) is 25.3 Å². The predicted octanol–water partition coefficient (Wildman–Crippen LogP) is 7.41. The van der Waals surface area contributed by atoms with E-state index in [2.05, 4.69) is 102 Å². The Balaban J connectivity index is 1.46. The number of aryl methyl sites for hydroxylation is 1. The van der Waals surface area contributed by atoms with Crippen LogP contribution < -0.4 is 4.74 Å². The van der Waals surface area contributed by atoms with Crippen molar-refractivity contribution in [3.05, 3.63) is 144 Å². The number of para-hydroxylation sites is 3. The molecule has 0 bridgehead atoms. The molecule has 0 aliphatic rings. The molecule has 5 rings (SSSR count). The van der Waals surface area contributed by atoms with E-state index in [-0.39, 0.29) is 5.92 Å². The molecule has 174 valence electrons. The van der Waals surface area contributed by atoms with Crippen LogP contribution in [0.15, 0.2) is 122 Å². The summed E-state index contributed by atoms with van der Waals surface area (Å²) in [6, 6.07) is 37.9. The summed E-state index contributed by atoms with van der Waals surface area (Å²) in [7, 11) is 0. The molecule has 0 spiro atoms. The minimum Gasteiger partial charge on any atom is -0.493 e. The predicted molar refractivity (Wildman–Crippen MR) is 144 cm³/mol. The van der Waals surface area contributed by atoms with Gasteiger partial charge in [-0.15, -0.1) is 6.58 Å². The van der Waals surface area contributed by atoms with Crippen LogP contribution in [-0.2, 0) is 13.0 Å². The fourth-order valence-corrected chi connectivity index (χ4v) is 4.70. The van der Waals surface area contributed by atoms with E-state index in [0.717, 1.165) is 42.0 Å². The number of imidazole rings is 1. The fourth-order valence-electron chi connectivity index (χ4n) is 4.70. The Morgan fingerprint density at radius 1 is 0.771 bits per heavy atom. The maximum absolute atomic E-state index is 6.19. The van der Waals surface area contributed by atoms with Gasteiger partial charge in [0.05, 0.1) is 23.6 Å². The Labute approximate surface area is 207 Å². The van der Waals surface area contributed by atoms with Crippen molar-refractivity contribution >= 4 is 11.0 Å². The Kier molecular flexibility index (Phi) is 7.05. The molecule has 1 heterocycles. The summed E-state index contributed by atoms with van der Waals surface area (Å²) in [5, 5.41) is 0. The highest BCUT2D eigenvalue weighted by Gasteiger charge is 2.23. The van der Waals surface area contributed by atoms with Gasteiger partial charge >= 0.3 is 0 Å². The first-order valence-corrected chi connectivity index (χ1v) is 12.2. The van der Waals surface area contributed by atoms with E-state index in [1.807, 2.05) is 24.3 Å². The van der Waals surface area contributed by atoms with Gasteiger partial charge in [-0.2, -0.15) is 0 Å². The van der Waals surface area contributed by atoms with Gasteiger partial charge in [-0.1, -0.05) is 97.1 Å². The van der Waals surface area contributed by atoms with Gasteiger partial charge in [-0.05, 0) is 47.7 Å². The van der Waals surface area contributed by atoms with Gasteiger partial charge in [0.25, 0.3) is 0 Å². The first-order chi connectivity index (χ1) is 17.3. The number of hydrogen-bond acceptors (Lipinski definition) is 2. The molecule has 1 aromatic heterocycles. The Morgan fingerprint density at radius 3 is 2.11 bits per heavy atom. The quantitative estimate of drug-likeness (QED) is 0.161. The molecule has 3 nitrogen and oxygen atoms in total. The summed E-state index contributed by atoms with van der Waals surface area (Å²) < 4.78 is 8.56. The molecule has 35 heavy (non-hydrogen) atoms. The average molecular weight is 459 g/mol. The van der Waals surface area contributed by atoms with Crippen LogP contribution in [0.4, 0.5) is 0 Å². The lowest BCUT2D eigenvalue weighted by Crippen LogP contribution is -2.14. The van der Waals surface area contributed by atoms with Crippen LogP contribution >= 0.6 is 0 Å². The third-order valence-electron chi connectivity index (χ3n) is 6.33. The van der Waals surface area contributed by atoms with Crippen molar-refractivity contribution in [2.75, 3.05) is 6.61 Å². The third-order valence-corrected chi connectivity index (χ3v) is 6.33. The van der Waals surface area contributed by atoms with Crippen molar-refractivity contribution < 1.29 is 4.74 Å². The smallest absolute Gasteiger partial charge is 0.122 e. The van der Waals surface area contributed by atoms with E-state index in [1.165, 1.54) is 16.7 Å². The molecule has 3 heteroatoms. The number of allylic oxidation sites excluding steroid dienone is 1. The maximum atomic E-state index is 6.19. The highest BCUT2D eigenvalue weighted by atomic mass is 16.5. The minimum absolute atomic E-state index is 0.0547. The molecule has 0 saturated heterocycles. The van der Waals surface area contributed by atoms with E-state index in [4.69, 9.17) is 9.72 Å². The molecule has 0 aliphatic carbocycles. The van der Waals surface area contributed by atoms with Gasteiger partial charge in [0.15, 0.2) is 0 Å². The van der Waals surface area contributed by atoms with Crippen molar-refractivity contribution in [3.8, 4) is 5.75 Å². The molecular weight excluding hydrogens is 428 g/mol. The molecule has 0 fully saturated rings. The summed E-state index contributed by atoms with van der Waals surface area (Å²) in [5.41, 5.74) is 5.84. The molecule has 0 saturated carbocycles. The zero-order chi connectivity index (χ0) is 23.9. The van der Waals surface area contributed by atoms with Crippen molar-refractivity contribution in [2.24, 2.45) is 0 Å². The normalized spacial score (nSPS) is 11.1. The Bertz CT molecular complexity index is 1350. The van der Waals surface area contributed by atoms with Crippen LogP contribution in [0.3, 0.4) is 0 Å². The lowest BCUT2D eigenvalue weighted by Gasteiger charge is -2.20. The molecular formula is C32H30N2O. The monoisotopic (exact) mass is 458 g/mol. The van der Waals surface area contributed by atoms with Crippen LogP contribution in [0.1, 0.15) is 34.9 Å². The second-order valence-corrected chi connectivity index (χ2v) is 8.67. The zero-order valence-electron chi connectivity index (χ0n) is 19.9. The molecule has 0 N–H and O–H groups in total. The number of rotatable bonds is 10. The molecule has 5 aromatic rings. The van der Waals surface area contributed by atoms with Crippen LogP contribution in [0, 0.1) is 0 Å². The van der Waals surface area contributed by atoms with E-state index in [9.17, 15) is 0 Å². The lowest BCUT2D eigenvalue weighted by molar-refractivity contribution is 0.299. The molecule has 0 unspecified atom stereocenters. The zero-order valence-corrected chi connectivity index (χ0v) is 19.9. The fraction of sp³-hybridized carbons (Fsp3) is 0.156. The summed E-state index contributed by atoms with van der Waals surface area (Å²) in [6.07, 6.45) is 3.60. The van der Waals surface area contributed by atoms with E-state index < -0.39 is 0 Å². The van der Waals surface area contributed by atoms with Crippen molar-refractivity contribution in [3.63, 3.8) is 0 Å². The van der Waals surface area contributed by atoms with Crippen molar-refractivity contribution in [1.82, 2.24) is 9.55 Å². The van der Waals surface area contributed by atoms with E-state index in [1.54, 1.807) is 0 Å². The van der Waals surface area contributed by atoms with Gasteiger partial charge in [-0.25, -0.2) is 4.98 Å². The van der Waals surface area contributed by atoms with Crippen LogP contribution in [0.5, 0.6) is 5.75 Å². The van der Waals surface area contributed by atoms with E-state index in [0.29, 0.717) is 6.61 Å². The first-order valence-electron chi connectivity index (χ1n) is 12.2. The SMILES string of the molecule is C=CCc1ccccc1OCCCn1c(C(c2ccccc2)c2ccccc2)nc2ccccc21. The molecule has 0 radical (unpaired) electrons. The first kappa shape index (κ1) is 22.7. The van der Waals surface area contributed by atoms with Crippen LogP contribution in [0.2, 0.25) is 0 Å². The van der Waals surface area contributed by atoms with Gasteiger partial charge < -0.3 is 9.30 Å². The van der Waals surface area contributed by atoms with Gasteiger partial charge in [-0.3, -0.25) is 0 Å². The summed E-state index contributed by atoms with van der Waals surface area (Å²) >= 11 is 0. The summed E-state index contributed by atoms with van der Waals surface area (Å²) in [4.78, 5) is 5.15. The molecule has 0 atom stereocenters. The van der Waals surface area contributed by atoms with E-state index >= 15 is 0 Å². The topological polar surface area (TPSA) is 27.1 Å². The number of aromatic nitrogens is 2. The van der Waals surface area contributed by atoms with Gasteiger partial charge in [0.2, 0.25) is 0 Å². The highest BCUT2D eigenvalue weighted by molar-refractivity contribution is 5.76. The summed E-state index contributed by atoms with van der Waals surface area (Å²) in [5.74, 6) is 2.06. The molecule has 0 amide bonds. The van der Waals surface area contributed by atoms with Gasteiger partial charge in [0, 0.05) is 6.54 Å². The van der Waals surface area contributed by atoms with Crippen LogP contribution in [-0.4, -0.2) is 16.2 Å². The molecule has 4 aromatic carbocycles. The number of ether oxygens (including phenoxy) is 1. The highest BCUT2D eigenvalue weighted by Crippen LogP contribution is 2.33. The van der Waals surface area contributed by atoms with Crippen LogP contribution in [0.25, 0.3) is 11.0 Å².